The Kier molecular flexibility index (Phi) is 4.76. The molecule has 0 bridgehead atoms. The van der Waals surface area contributed by atoms with Crippen LogP contribution in [-0.2, 0) is 9.53 Å². The van der Waals surface area contributed by atoms with Crippen molar-refractivity contribution < 1.29 is 23.4 Å². The van der Waals surface area contributed by atoms with Gasteiger partial charge in [-0.2, -0.15) is 0 Å². The van der Waals surface area contributed by atoms with Crippen LogP contribution in [-0.4, -0.2) is 30.0 Å². The zero-order valence-electron chi connectivity index (χ0n) is 13.3. The van der Waals surface area contributed by atoms with Gasteiger partial charge in [0.1, 0.15) is 5.71 Å². The molecule has 2 aliphatic rings. The molecule has 1 N–H and O–H groups in total. The van der Waals surface area contributed by atoms with Gasteiger partial charge >= 0.3 is 5.97 Å². The third kappa shape index (κ3) is 3.24. The molecule has 2 heterocycles. The first-order valence-electron chi connectivity index (χ1n) is 8.04. The summed E-state index contributed by atoms with van der Waals surface area (Å²) in [6.07, 6.45) is 3.30. The van der Waals surface area contributed by atoms with Gasteiger partial charge in [-0.05, 0) is 42.9 Å². The number of rotatable bonds is 2. The van der Waals surface area contributed by atoms with Gasteiger partial charge in [-0.1, -0.05) is 13.0 Å². The Balaban J connectivity index is 2.04. The van der Waals surface area contributed by atoms with Gasteiger partial charge < -0.3 is 9.84 Å². The summed E-state index contributed by atoms with van der Waals surface area (Å²) in [4.78, 5) is 15.9. The van der Waals surface area contributed by atoms with Gasteiger partial charge in [0.15, 0.2) is 11.6 Å². The SMILES string of the molecule is CC1CCOCCC2C(C(=O)O)=NC(c3ccc(F)c(F)c3)=CC12. The van der Waals surface area contributed by atoms with Crippen LogP contribution >= 0.6 is 0 Å². The molecule has 1 saturated heterocycles. The van der Waals surface area contributed by atoms with E-state index >= 15 is 0 Å². The molecule has 0 aliphatic carbocycles. The summed E-state index contributed by atoms with van der Waals surface area (Å²) < 4.78 is 32.2. The van der Waals surface area contributed by atoms with Gasteiger partial charge in [-0.25, -0.2) is 18.6 Å². The fourth-order valence-corrected chi connectivity index (χ4v) is 3.42. The van der Waals surface area contributed by atoms with Crippen molar-refractivity contribution in [1.29, 1.82) is 0 Å². The predicted molar refractivity (Wildman–Crippen MR) is 85.6 cm³/mol. The second-order valence-electron chi connectivity index (χ2n) is 6.33. The van der Waals surface area contributed by atoms with Crippen LogP contribution in [0, 0.1) is 29.4 Å². The Morgan fingerprint density at radius 3 is 2.71 bits per heavy atom. The van der Waals surface area contributed by atoms with Crippen molar-refractivity contribution in [2.45, 2.75) is 19.8 Å². The molecule has 2 aliphatic heterocycles. The summed E-state index contributed by atoms with van der Waals surface area (Å²) in [7, 11) is 0. The second-order valence-corrected chi connectivity index (χ2v) is 6.33. The number of allylic oxidation sites excluding steroid dienone is 1. The van der Waals surface area contributed by atoms with E-state index in [4.69, 9.17) is 4.74 Å². The Hall–Kier alpha value is -2.08. The molecule has 0 saturated carbocycles. The Labute approximate surface area is 138 Å². The molecule has 1 aromatic rings. The van der Waals surface area contributed by atoms with Gasteiger partial charge in [-0.3, -0.25) is 0 Å². The van der Waals surface area contributed by atoms with Crippen LogP contribution in [0.25, 0.3) is 5.70 Å². The maximum absolute atomic E-state index is 13.5. The summed E-state index contributed by atoms with van der Waals surface area (Å²) in [6, 6.07) is 3.51. The van der Waals surface area contributed by atoms with Crippen LogP contribution < -0.4 is 0 Å². The monoisotopic (exact) mass is 335 g/mol. The number of nitrogens with zero attached hydrogens (tertiary/aromatic N) is 1. The molecule has 24 heavy (non-hydrogen) atoms. The van der Waals surface area contributed by atoms with E-state index in [0.717, 1.165) is 18.6 Å². The zero-order valence-corrected chi connectivity index (χ0v) is 13.3. The molecule has 3 rings (SSSR count). The van der Waals surface area contributed by atoms with Gasteiger partial charge in [0.25, 0.3) is 0 Å². The normalized spacial score (nSPS) is 27.4. The first-order valence-corrected chi connectivity index (χ1v) is 8.04. The third-order valence-corrected chi connectivity index (χ3v) is 4.79. The average molecular weight is 335 g/mol. The number of aliphatic carboxylic acids is 1. The number of ether oxygens (including phenoxy) is 1. The Bertz CT molecular complexity index is 714. The Morgan fingerprint density at radius 1 is 1.25 bits per heavy atom. The molecule has 1 aromatic carbocycles. The molecule has 4 nitrogen and oxygen atoms in total. The number of carbonyl (C=O) groups is 1. The molecule has 6 heteroatoms. The highest BCUT2D eigenvalue weighted by atomic mass is 19.2. The summed E-state index contributed by atoms with van der Waals surface area (Å²) in [5.74, 6) is -3.02. The van der Waals surface area contributed by atoms with E-state index in [1.54, 1.807) is 0 Å². The van der Waals surface area contributed by atoms with Crippen molar-refractivity contribution in [3.05, 3.63) is 41.5 Å². The minimum Gasteiger partial charge on any atom is -0.477 e. The lowest BCUT2D eigenvalue weighted by Gasteiger charge is -2.34. The van der Waals surface area contributed by atoms with Crippen LogP contribution in [0.5, 0.6) is 0 Å². The number of carboxylic acid groups (broad SMARTS) is 1. The number of carboxylic acids is 1. The maximum Gasteiger partial charge on any atom is 0.350 e. The van der Waals surface area contributed by atoms with E-state index in [1.165, 1.54) is 6.07 Å². The van der Waals surface area contributed by atoms with Gasteiger partial charge in [0.2, 0.25) is 0 Å². The number of benzene rings is 1. The molecule has 1 fully saturated rings. The fraction of sp³-hybridized carbons (Fsp3) is 0.444. The second kappa shape index (κ2) is 6.81. The maximum atomic E-state index is 13.5. The quantitative estimate of drug-likeness (QED) is 0.899. The van der Waals surface area contributed by atoms with Crippen molar-refractivity contribution in [1.82, 2.24) is 0 Å². The van der Waals surface area contributed by atoms with Crippen LogP contribution in [0.15, 0.2) is 29.3 Å². The summed E-state index contributed by atoms with van der Waals surface area (Å²) in [5, 5.41) is 9.56. The lowest BCUT2D eigenvalue weighted by molar-refractivity contribution is -0.129. The molecule has 0 spiro atoms. The molecule has 0 amide bonds. The highest BCUT2D eigenvalue weighted by molar-refractivity contribution is 6.37. The summed E-state index contributed by atoms with van der Waals surface area (Å²) >= 11 is 0. The average Bonchev–Trinajstić information content (AvgIpc) is 2.54. The van der Waals surface area contributed by atoms with Crippen molar-refractivity contribution in [3.8, 4) is 0 Å². The van der Waals surface area contributed by atoms with Crippen molar-refractivity contribution in [3.63, 3.8) is 0 Å². The van der Waals surface area contributed by atoms with Crippen molar-refractivity contribution in [2.24, 2.45) is 22.7 Å². The van der Waals surface area contributed by atoms with E-state index < -0.39 is 17.6 Å². The van der Waals surface area contributed by atoms with Crippen molar-refractivity contribution in [2.75, 3.05) is 13.2 Å². The topological polar surface area (TPSA) is 58.9 Å². The summed E-state index contributed by atoms with van der Waals surface area (Å²) in [5.41, 5.74) is 0.845. The van der Waals surface area contributed by atoms with Crippen LogP contribution in [0.4, 0.5) is 8.78 Å². The number of hydrogen-bond donors (Lipinski definition) is 1. The summed E-state index contributed by atoms with van der Waals surface area (Å²) in [6.45, 7) is 3.18. The van der Waals surface area contributed by atoms with E-state index in [0.29, 0.717) is 30.9 Å². The number of aliphatic imine (C=N–C) groups is 1. The van der Waals surface area contributed by atoms with Crippen LogP contribution in [0.3, 0.4) is 0 Å². The van der Waals surface area contributed by atoms with E-state index in [-0.39, 0.29) is 23.5 Å². The van der Waals surface area contributed by atoms with Crippen molar-refractivity contribution >= 4 is 17.4 Å². The van der Waals surface area contributed by atoms with E-state index in [9.17, 15) is 18.7 Å². The highest BCUT2D eigenvalue weighted by Gasteiger charge is 2.36. The minimum atomic E-state index is -1.08. The first kappa shape index (κ1) is 16.8. The zero-order chi connectivity index (χ0) is 17.3. The Morgan fingerprint density at radius 2 is 2.00 bits per heavy atom. The molecule has 128 valence electrons. The minimum absolute atomic E-state index is 0.0133. The molecule has 3 atom stereocenters. The molecule has 3 unspecified atom stereocenters. The molecular weight excluding hydrogens is 316 g/mol. The first-order chi connectivity index (χ1) is 11.5. The number of halogens is 2. The van der Waals surface area contributed by atoms with Gasteiger partial charge in [0, 0.05) is 24.7 Å². The number of hydrogen-bond acceptors (Lipinski definition) is 3. The largest absolute Gasteiger partial charge is 0.477 e. The highest BCUT2D eigenvalue weighted by Crippen LogP contribution is 2.37. The standard InChI is InChI=1S/C18H19F2NO3/c1-10-4-6-24-7-5-12-13(10)9-16(21-17(12)18(22)23)11-2-3-14(19)15(20)8-11/h2-3,8-10,12-13H,4-7H2,1H3,(H,22,23). The van der Waals surface area contributed by atoms with Gasteiger partial charge in [0.05, 0.1) is 5.70 Å². The van der Waals surface area contributed by atoms with Crippen LogP contribution in [0.2, 0.25) is 0 Å². The van der Waals surface area contributed by atoms with Gasteiger partial charge in [-0.15, -0.1) is 0 Å². The predicted octanol–water partition coefficient (Wildman–Crippen LogP) is 3.52. The number of fused-ring (bicyclic) bond motifs is 1. The van der Waals surface area contributed by atoms with Crippen LogP contribution in [0.1, 0.15) is 25.3 Å². The lowest BCUT2D eigenvalue weighted by atomic mass is 9.74. The molecule has 0 aromatic heterocycles. The fourth-order valence-electron chi connectivity index (χ4n) is 3.42. The van der Waals surface area contributed by atoms with E-state index in [1.807, 2.05) is 6.08 Å². The molecule has 0 radical (unpaired) electrons. The lowest BCUT2D eigenvalue weighted by Crippen LogP contribution is -2.37. The smallest absolute Gasteiger partial charge is 0.350 e. The molecular formula is C18H19F2NO3. The third-order valence-electron chi connectivity index (χ3n) is 4.79. The van der Waals surface area contributed by atoms with E-state index in [2.05, 4.69) is 11.9 Å².